The van der Waals surface area contributed by atoms with Crippen molar-refractivity contribution in [3.8, 4) is 0 Å². The van der Waals surface area contributed by atoms with E-state index in [-0.39, 0.29) is 0 Å². The van der Waals surface area contributed by atoms with Crippen LogP contribution >= 0.6 is 0 Å². The first-order chi connectivity index (χ1) is 9.83. The third-order valence-corrected chi connectivity index (χ3v) is 6.19. The smallest absolute Gasteiger partial charge is 0.0685 e. The number of rotatable bonds is 3. The molecule has 1 heterocycles. The van der Waals surface area contributed by atoms with Gasteiger partial charge in [0.25, 0.3) is 0 Å². The second kappa shape index (κ2) is 6.79. The summed E-state index contributed by atoms with van der Waals surface area (Å²) in [5.41, 5.74) is 0.298. The molecule has 2 aliphatic carbocycles. The van der Waals surface area contributed by atoms with Crippen molar-refractivity contribution in [3.63, 3.8) is 0 Å². The number of hydrogen-bond donors (Lipinski definition) is 1. The summed E-state index contributed by atoms with van der Waals surface area (Å²) in [5.74, 6) is 1.84. The summed E-state index contributed by atoms with van der Waals surface area (Å²) in [4.78, 5) is 0. The summed E-state index contributed by atoms with van der Waals surface area (Å²) in [6.45, 7) is 4.43. The van der Waals surface area contributed by atoms with Gasteiger partial charge in [0, 0.05) is 12.6 Å². The fourth-order valence-corrected chi connectivity index (χ4v) is 5.22. The summed E-state index contributed by atoms with van der Waals surface area (Å²) in [6.07, 6.45) is 15.3. The lowest BCUT2D eigenvalue weighted by Gasteiger charge is -2.43. The molecular formula is C18H33NO. The molecule has 2 heteroatoms. The normalized spacial score (nSPS) is 38.0. The zero-order valence-corrected chi connectivity index (χ0v) is 13.3. The first kappa shape index (κ1) is 14.8. The van der Waals surface area contributed by atoms with Gasteiger partial charge < -0.3 is 10.1 Å². The fraction of sp³-hybridized carbons (Fsp3) is 1.00. The van der Waals surface area contributed by atoms with Gasteiger partial charge in [-0.05, 0) is 56.9 Å². The van der Waals surface area contributed by atoms with Gasteiger partial charge in [-0.3, -0.25) is 0 Å². The standard InChI is InChI=1S/C18H33NO/c1-2-19-17-9-5-3-4-8-16(17)15-10-13-20-18(14-15)11-6-7-12-18/h15-17,19H,2-14H2,1H3. The number of hydrogen-bond acceptors (Lipinski definition) is 2. The number of ether oxygens (including phenoxy) is 1. The highest BCUT2D eigenvalue weighted by Crippen LogP contribution is 2.46. The zero-order chi connectivity index (χ0) is 13.8. The maximum Gasteiger partial charge on any atom is 0.0685 e. The molecule has 116 valence electrons. The van der Waals surface area contributed by atoms with E-state index < -0.39 is 0 Å². The first-order valence-electron chi connectivity index (χ1n) is 9.20. The predicted molar refractivity (Wildman–Crippen MR) is 83.9 cm³/mol. The van der Waals surface area contributed by atoms with Gasteiger partial charge in [-0.1, -0.05) is 39.0 Å². The third kappa shape index (κ3) is 3.22. The van der Waals surface area contributed by atoms with Crippen molar-refractivity contribution in [3.05, 3.63) is 0 Å². The molecule has 0 aromatic rings. The quantitative estimate of drug-likeness (QED) is 0.778. The predicted octanol–water partition coefficient (Wildman–Crippen LogP) is 4.28. The second-order valence-electron chi connectivity index (χ2n) is 7.46. The zero-order valence-electron chi connectivity index (χ0n) is 13.3. The van der Waals surface area contributed by atoms with Gasteiger partial charge in [-0.15, -0.1) is 0 Å². The Labute approximate surface area is 125 Å². The molecule has 3 rings (SSSR count). The van der Waals surface area contributed by atoms with E-state index in [0.29, 0.717) is 5.60 Å². The Morgan fingerprint density at radius 2 is 1.80 bits per heavy atom. The molecule has 3 unspecified atom stereocenters. The molecule has 3 atom stereocenters. The molecule has 20 heavy (non-hydrogen) atoms. The van der Waals surface area contributed by atoms with E-state index in [1.807, 2.05) is 0 Å². The Kier molecular flexibility index (Phi) is 5.04. The lowest BCUT2D eigenvalue weighted by Crippen LogP contribution is -2.45. The van der Waals surface area contributed by atoms with Crippen LogP contribution in [0.1, 0.15) is 77.6 Å². The molecule has 0 radical (unpaired) electrons. The summed E-state index contributed by atoms with van der Waals surface area (Å²) < 4.78 is 6.25. The van der Waals surface area contributed by atoms with Crippen molar-refractivity contribution in [2.24, 2.45) is 11.8 Å². The Hall–Kier alpha value is -0.0800. The van der Waals surface area contributed by atoms with E-state index in [9.17, 15) is 0 Å². The maximum atomic E-state index is 6.25. The number of nitrogens with one attached hydrogen (secondary N) is 1. The molecule has 0 aromatic carbocycles. The minimum Gasteiger partial charge on any atom is -0.375 e. The van der Waals surface area contributed by atoms with E-state index in [1.165, 1.54) is 70.6 Å². The molecule has 1 saturated heterocycles. The van der Waals surface area contributed by atoms with Gasteiger partial charge in [0.1, 0.15) is 0 Å². The lowest BCUT2D eigenvalue weighted by atomic mass is 9.73. The molecule has 0 amide bonds. The lowest BCUT2D eigenvalue weighted by molar-refractivity contribution is -0.104. The minimum atomic E-state index is 0.298. The summed E-state index contributed by atoms with van der Waals surface area (Å²) in [5, 5.41) is 3.81. The Morgan fingerprint density at radius 3 is 2.60 bits per heavy atom. The van der Waals surface area contributed by atoms with Crippen molar-refractivity contribution in [1.29, 1.82) is 0 Å². The molecule has 1 aliphatic heterocycles. The van der Waals surface area contributed by atoms with E-state index in [4.69, 9.17) is 4.74 Å². The minimum absolute atomic E-state index is 0.298. The highest BCUT2D eigenvalue weighted by atomic mass is 16.5. The highest BCUT2D eigenvalue weighted by molar-refractivity contribution is 4.95. The second-order valence-corrected chi connectivity index (χ2v) is 7.46. The highest BCUT2D eigenvalue weighted by Gasteiger charge is 2.43. The Balaban J connectivity index is 1.68. The Bertz CT molecular complexity index is 298. The van der Waals surface area contributed by atoms with Gasteiger partial charge >= 0.3 is 0 Å². The van der Waals surface area contributed by atoms with Crippen molar-refractivity contribution < 1.29 is 4.74 Å². The summed E-state index contributed by atoms with van der Waals surface area (Å²) in [7, 11) is 0. The molecule has 2 nitrogen and oxygen atoms in total. The third-order valence-electron chi connectivity index (χ3n) is 6.19. The van der Waals surface area contributed by atoms with Crippen LogP contribution < -0.4 is 5.32 Å². The fourth-order valence-electron chi connectivity index (χ4n) is 5.22. The largest absolute Gasteiger partial charge is 0.375 e. The topological polar surface area (TPSA) is 21.3 Å². The van der Waals surface area contributed by atoms with E-state index in [2.05, 4.69) is 12.2 Å². The Morgan fingerprint density at radius 1 is 1.00 bits per heavy atom. The van der Waals surface area contributed by atoms with Crippen LogP contribution in [0.25, 0.3) is 0 Å². The molecule has 2 saturated carbocycles. The molecule has 3 fully saturated rings. The van der Waals surface area contributed by atoms with E-state index in [1.54, 1.807) is 0 Å². The SMILES string of the molecule is CCNC1CCCCCC1C1CCOC2(CCCC2)C1. The molecular weight excluding hydrogens is 246 g/mol. The summed E-state index contributed by atoms with van der Waals surface area (Å²) >= 11 is 0. The monoisotopic (exact) mass is 279 g/mol. The van der Waals surface area contributed by atoms with Gasteiger partial charge in [0.2, 0.25) is 0 Å². The van der Waals surface area contributed by atoms with Gasteiger partial charge in [0.15, 0.2) is 0 Å². The van der Waals surface area contributed by atoms with Gasteiger partial charge in [-0.25, -0.2) is 0 Å². The maximum absolute atomic E-state index is 6.25. The molecule has 0 bridgehead atoms. The van der Waals surface area contributed by atoms with Crippen LogP contribution in [0.5, 0.6) is 0 Å². The first-order valence-corrected chi connectivity index (χ1v) is 9.20. The molecule has 0 aromatic heterocycles. The van der Waals surface area contributed by atoms with Crippen LogP contribution in [-0.4, -0.2) is 24.8 Å². The van der Waals surface area contributed by atoms with Crippen LogP contribution in [0.3, 0.4) is 0 Å². The average Bonchev–Trinajstić information content (AvgIpc) is 2.77. The van der Waals surface area contributed by atoms with Gasteiger partial charge in [-0.2, -0.15) is 0 Å². The molecule has 3 aliphatic rings. The van der Waals surface area contributed by atoms with Crippen molar-refractivity contribution in [1.82, 2.24) is 5.32 Å². The average molecular weight is 279 g/mol. The van der Waals surface area contributed by atoms with E-state index >= 15 is 0 Å². The van der Waals surface area contributed by atoms with Crippen LogP contribution in [0.4, 0.5) is 0 Å². The van der Waals surface area contributed by atoms with E-state index in [0.717, 1.165) is 31.0 Å². The molecule has 1 N–H and O–H groups in total. The van der Waals surface area contributed by atoms with Crippen LogP contribution in [-0.2, 0) is 4.74 Å². The van der Waals surface area contributed by atoms with Crippen LogP contribution in [0, 0.1) is 11.8 Å². The molecule has 1 spiro atoms. The van der Waals surface area contributed by atoms with Crippen molar-refractivity contribution in [2.75, 3.05) is 13.2 Å². The summed E-state index contributed by atoms with van der Waals surface area (Å²) in [6, 6.07) is 0.782. The van der Waals surface area contributed by atoms with Crippen molar-refractivity contribution >= 4 is 0 Å². The van der Waals surface area contributed by atoms with Gasteiger partial charge in [0.05, 0.1) is 5.60 Å². The van der Waals surface area contributed by atoms with Crippen LogP contribution in [0.2, 0.25) is 0 Å². The van der Waals surface area contributed by atoms with Crippen molar-refractivity contribution in [2.45, 2.75) is 89.2 Å². The van der Waals surface area contributed by atoms with Crippen LogP contribution in [0.15, 0.2) is 0 Å².